The Hall–Kier alpha value is -0.103. The van der Waals surface area contributed by atoms with E-state index in [1.807, 2.05) is 0 Å². The number of unbranched alkanes of at least 4 members (excludes halogenated alkanes) is 5. The molecule has 0 fully saturated rings. The predicted molar refractivity (Wildman–Crippen MR) is 138 cm³/mol. The average molecular weight is 511 g/mol. The van der Waals surface area contributed by atoms with Crippen LogP contribution in [0, 0.1) is 0 Å². The molecule has 0 bridgehead atoms. The summed E-state index contributed by atoms with van der Waals surface area (Å²) >= 11 is 0. The molecule has 0 aliphatic carbocycles. The van der Waals surface area contributed by atoms with Crippen molar-refractivity contribution in [2.75, 3.05) is 99.1 Å². The van der Waals surface area contributed by atoms with Crippen LogP contribution in [-0.4, -0.2) is 107 Å². The Morgan fingerprint density at radius 2 is 0.647 bits per heavy atom. The lowest BCUT2D eigenvalue weighted by atomic mass is 10.1. The van der Waals surface area contributed by atoms with Gasteiger partial charge in [-0.15, -0.1) is 0 Å². The lowest BCUT2D eigenvalue weighted by Crippen LogP contribution is -2.27. The highest BCUT2D eigenvalue weighted by Gasteiger charge is 2.12. The molecule has 0 atom stereocenters. The summed E-state index contributed by atoms with van der Waals surface area (Å²) in [6.45, 7) is 17.8. The lowest BCUT2D eigenvalue weighted by molar-refractivity contribution is -0.0213. The molecule has 0 radical (unpaired) electrons. The van der Waals surface area contributed by atoms with Crippen LogP contribution in [0.4, 0.5) is 0 Å². The normalized spacial score (nSPS) is 12.0. The molecular weight excluding hydrogens is 456 g/mol. The van der Waals surface area contributed by atoms with Crippen molar-refractivity contribution in [3.8, 4) is 0 Å². The van der Waals surface area contributed by atoms with Gasteiger partial charge in [0.1, 0.15) is 0 Å². The van der Waals surface area contributed by atoms with Gasteiger partial charge in [0, 0.05) is 6.61 Å². The van der Waals surface area contributed by atoms with E-state index in [9.17, 15) is 0 Å². The fourth-order valence-electron chi connectivity index (χ4n) is 2.81. The SMILES string of the molecule is CCCCCCCCOCCOCCOCCOCCOCCOCCOCCO[Si](C)(C)C. The molecule has 0 saturated carbocycles. The Morgan fingerprint density at radius 1 is 0.353 bits per heavy atom. The summed E-state index contributed by atoms with van der Waals surface area (Å²) in [7, 11) is -1.43. The van der Waals surface area contributed by atoms with Gasteiger partial charge in [-0.1, -0.05) is 39.0 Å². The van der Waals surface area contributed by atoms with Crippen molar-refractivity contribution in [1.29, 1.82) is 0 Å². The third-order valence-corrected chi connectivity index (χ3v) is 5.71. The molecule has 0 saturated heterocycles. The predicted octanol–water partition coefficient (Wildman–Crippen LogP) is 4.31. The van der Waals surface area contributed by atoms with E-state index in [4.69, 9.17) is 37.6 Å². The second-order valence-electron chi connectivity index (χ2n) is 9.02. The summed E-state index contributed by atoms with van der Waals surface area (Å²) < 4.78 is 44.1. The highest BCUT2D eigenvalue weighted by Crippen LogP contribution is 2.04. The van der Waals surface area contributed by atoms with E-state index < -0.39 is 8.32 Å². The highest BCUT2D eigenvalue weighted by atomic mass is 28.4. The highest BCUT2D eigenvalue weighted by molar-refractivity contribution is 6.69. The maximum atomic E-state index is 5.71. The van der Waals surface area contributed by atoms with Crippen LogP contribution < -0.4 is 0 Å². The number of hydrogen-bond donors (Lipinski definition) is 0. The zero-order valence-electron chi connectivity index (χ0n) is 22.6. The van der Waals surface area contributed by atoms with E-state index in [0.29, 0.717) is 92.5 Å². The minimum atomic E-state index is -1.43. The molecule has 0 aromatic rings. The summed E-state index contributed by atoms with van der Waals surface area (Å²) in [4.78, 5) is 0. The van der Waals surface area contributed by atoms with Crippen LogP contribution >= 0.6 is 0 Å². The first kappa shape index (κ1) is 33.9. The van der Waals surface area contributed by atoms with Crippen molar-refractivity contribution in [3.05, 3.63) is 0 Å². The van der Waals surface area contributed by atoms with Gasteiger partial charge in [0.05, 0.1) is 92.5 Å². The maximum Gasteiger partial charge on any atom is 0.183 e. The molecule has 0 N–H and O–H groups in total. The summed E-state index contributed by atoms with van der Waals surface area (Å²) in [6, 6.07) is 0. The van der Waals surface area contributed by atoms with Gasteiger partial charge < -0.3 is 37.6 Å². The largest absolute Gasteiger partial charge is 0.415 e. The first-order chi connectivity index (χ1) is 16.6. The van der Waals surface area contributed by atoms with Crippen molar-refractivity contribution >= 4 is 8.32 Å². The van der Waals surface area contributed by atoms with E-state index in [0.717, 1.165) is 13.0 Å². The topological polar surface area (TPSA) is 73.8 Å². The van der Waals surface area contributed by atoms with Crippen LogP contribution in [0.5, 0.6) is 0 Å². The molecule has 206 valence electrons. The van der Waals surface area contributed by atoms with Crippen molar-refractivity contribution in [3.63, 3.8) is 0 Å². The van der Waals surface area contributed by atoms with Gasteiger partial charge >= 0.3 is 0 Å². The maximum absolute atomic E-state index is 5.71. The molecule has 0 heterocycles. The van der Waals surface area contributed by atoms with Gasteiger partial charge in [-0.05, 0) is 26.1 Å². The van der Waals surface area contributed by atoms with Crippen LogP contribution in [0.15, 0.2) is 0 Å². The Kier molecular flexibility index (Phi) is 27.4. The van der Waals surface area contributed by atoms with Crippen LogP contribution in [0.2, 0.25) is 19.6 Å². The summed E-state index contributed by atoms with van der Waals surface area (Å²) in [5, 5.41) is 0. The van der Waals surface area contributed by atoms with Gasteiger partial charge in [-0.3, -0.25) is 0 Å². The van der Waals surface area contributed by atoms with Crippen molar-refractivity contribution in [1.82, 2.24) is 0 Å². The molecule has 8 nitrogen and oxygen atoms in total. The van der Waals surface area contributed by atoms with Crippen LogP contribution in [0.1, 0.15) is 45.4 Å². The average Bonchev–Trinajstić information content (AvgIpc) is 2.80. The minimum absolute atomic E-state index is 0.551. The molecule has 34 heavy (non-hydrogen) atoms. The second-order valence-corrected chi connectivity index (χ2v) is 13.5. The van der Waals surface area contributed by atoms with E-state index >= 15 is 0 Å². The number of ether oxygens (including phenoxy) is 7. The fourth-order valence-corrected chi connectivity index (χ4v) is 3.51. The molecule has 0 amide bonds. The molecule has 0 spiro atoms. The lowest BCUT2D eigenvalue weighted by Gasteiger charge is -2.16. The monoisotopic (exact) mass is 510 g/mol. The Labute approximate surface area is 210 Å². The molecule has 0 aliphatic heterocycles. The first-order valence-electron chi connectivity index (χ1n) is 13.2. The van der Waals surface area contributed by atoms with Gasteiger partial charge in [0.15, 0.2) is 8.32 Å². The van der Waals surface area contributed by atoms with Crippen LogP contribution in [-0.2, 0) is 37.6 Å². The smallest absolute Gasteiger partial charge is 0.183 e. The summed E-state index contributed by atoms with van der Waals surface area (Å²) in [5.41, 5.74) is 0. The van der Waals surface area contributed by atoms with E-state index in [-0.39, 0.29) is 0 Å². The van der Waals surface area contributed by atoms with E-state index in [1.165, 1.54) is 32.1 Å². The first-order valence-corrected chi connectivity index (χ1v) is 16.6. The second kappa shape index (κ2) is 27.5. The number of rotatable bonds is 29. The quantitative estimate of drug-likeness (QED) is 0.109. The van der Waals surface area contributed by atoms with Gasteiger partial charge in [-0.25, -0.2) is 0 Å². The molecule has 0 rings (SSSR count). The van der Waals surface area contributed by atoms with Crippen molar-refractivity contribution in [2.24, 2.45) is 0 Å². The van der Waals surface area contributed by atoms with E-state index in [2.05, 4.69) is 26.6 Å². The van der Waals surface area contributed by atoms with E-state index in [1.54, 1.807) is 0 Å². The third kappa shape index (κ3) is 31.9. The van der Waals surface area contributed by atoms with Gasteiger partial charge in [0.2, 0.25) is 0 Å². The Morgan fingerprint density at radius 3 is 1.00 bits per heavy atom. The Bertz CT molecular complexity index is 382. The minimum Gasteiger partial charge on any atom is -0.415 e. The zero-order valence-corrected chi connectivity index (χ0v) is 23.6. The molecule has 9 heteroatoms. The molecule has 0 aliphatic rings. The summed E-state index contributed by atoms with van der Waals surface area (Å²) in [6.07, 6.45) is 7.73. The number of hydrogen-bond acceptors (Lipinski definition) is 8. The Balaban J connectivity index is 3.03. The van der Waals surface area contributed by atoms with Crippen molar-refractivity contribution < 1.29 is 37.6 Å². The van der Waals surface area contributed by atoms with Crippen LogP contribution in [0.3, 0.4) is 0 Å². The third-order valence-electron chi connectivity index (χ3n) is 4.64. The molecule has 0 aromatic heterocycles. The fraction of sp³-hybridized carbons (Fsp3) is 1.00. The standard InChI is InChI=1S/C25H54O8Si/c1-5-6-7-8-9-10-11-26-12-13-27-14-15-28-16-17-29-18-19-30-20-21-31-22-23-32-24-25-33-34(2,3)4/h5-25H2,1-4H3. The zero-order chi connectivity index (χ0) is 25.0. The molecular formula is C25H54O8Si. The van der Waals surface area contributed by atoms with Crippen molar-refractivity contribution in [2.45, 2.75) is 65.1 Å². The molecule has 0 aromatic carbocycles. The van der Waals surface area contributed by atoms with Gasteiger partial charge in [0.25, 0.3) is 0 Å². The summed E-state index contributed by atoms with van der Waals surface area (Å²) in [5.74, 6) is 0. The van der Waals surface area contributed by atoms with Gasteiger partial charge in [-0.2, -0.15) is 0 Å². The van der Waals surface area contributed by atoms with Crippen LogP contribution in [0.25, 0.3) is 0 Å². The molecule has 0 unspecified atom stereocenters.